The fourth-order valence-electron chi connectivity index (χ4n) is 1.57. The second-order valence-corrected chi connectivity index (χ2v) is 6.12. The average molecular weight is 265 g/mol. The van der Waals surface area contributed by atoms with Gasteiger partial charge in [0.2, 0.25) is 0 Å². The third kappa shape index (κ3) is 2.89. The Morgan fingerprint density at radius 3 is 2.44 bits per heavy atom. The van der Waals surface area contributed by atoms with Crippen LogP contribution in [0.15, 0.2) is 41.6 Å². The van der Waals surface area contributed by atoms with E-state index in [1.807, 2.05) is 17.8 Å². The molecule has 1 aromatic heterocycles. The zero-order chi connectivity index (χ0) is 13.2. The van der Waals surface area contributed by atoms with E-state index < -0.39 is 9.84 Å². The lowest BCUT2D eigenvalue weighted by Crippen LogP contribution is -2.05. The molecule has 0 saturated heterocycles. The Morgan fingerprint density at radius 1 is 1.28 bits per heavy atom. The minimum Gasteiger partial charge on any atom is -0.378 e. The van der Waals surface area contributed by atoms with Gasteiger partial charge >= 0.3 is 0 Å². The van der Waals surface area contributed by atoms with Crippen molar-refractivity contribution in [3.63, 3.8) is 0 Å². The zero-order valence-corrected chi connectivity index (χ0v) is 11.1. The highest BCUT2D eigenvalue weighted by Gasteiger charge is 2.06. The van der Waals surface area contributed by atoms with Crippen molar-refractivity contribution in [1.29, 1.82) is 0 Å². The van der Waals surface area contributed by atoms with Crippen molar-refractivity contribution in [1.82, 2.24) is 9.55 Å². The van der Waals surface area contributed by atoms with E-state index in [1.54, 1.807) is 30.5 Å². The lowest BCUT2D eigenvalue weighted by molar-refractivity contribution is 0.602. The molecule has 1 heterocycles. The van der Waals surface area contributed by atoms with Crippen LogP contribution in [-0.4, -0.2) is 24.2 Å². The van der Waals surface area contributed by atoms with Gasteiger partial charge in [-0.3, -0.25) is 0 Å². The summed E-state index contributed by atoms with van der Waals surface area (Å²) in [6.07, 6.45) is 4.82. The summed E-state index contributed by atoms with van der Waals surface area (Å²) in [5, 5.41) is 3.19. The number of rotatable bonds is 4. The summed E-state index contributed by atoms with van der Waals surface area (Å²) < 4.78 is 24.5. The molecule has 2 rings (SSSR count). The van der Waals surface area contributed by atoms with Crippen molar-refractivity contribution in [2.75, 3.05) is 11.6 Å². The number of imidazole rings is 1. The Balaban J connectivity index is 2.05. The molecular formula is C12H15N3O2S. The second-order valence-electron chi connectivity index (χ2n) is 4.10. The number of nitrogens with zero attached hydrogens (tertiary/aromatic N) is 2. The Labute approximate surface area is 106 Å². The molecule has 0 bridgehead atoms. The molecule has 0 atom stereocenters. The molecule has 0 unspecified atom stereocenters. The third-order valence-electron chi connectivity index (χ3n) is 2.65. The van der Waals surface area contributed by atoms with Gasteiger partial charge in [0.1, 0.15) is 5.82 Å². The molecule has 0 radical (unpaired) electrons. The highest BCUT2D eigenvalue weighted by Crippen LogP contribution is 2.14. The van der Waals surface area contributed by atoms with Crippen LogP contribution in [0.1, 0.15) is 5.82 Å². The van der Waals surface area contributed by atoms with Gasteiger partial charge in [0.15, 0.2) is 9.84 Å². The molecule has 0 aliphatic carbocycles. The van der Waals surface area contributed by atoms with E-state index in [2.05, 4.69) is 10.3 Å². The van der Waals surface area contributed by atoms with Crippen molar-refractivity contribution in [2.24, 2.45) is 7.05 Å². The van der Waals surface area contributed by atoms with Crippen LogP contribution in [0.4, 0.5) is 5.69 Å². The Morgan fingerprint density at radius 2 is 1.94 bits per heavy atom. The first kappa shape index (κ1) is 12.6. The van der Waals surface area contributed by atoms with Crippen molar-refractivity contribution in [2.45, 2.75) is 11.4 Å². The summed E-state index contributed by atoms with van der Waals surface area (Å²) in [6, 6.07) is 6.69. The molecule has 0 saturated carbocycles. The minimum absolute atomic E-state index is 0.324. The zero-order valence-electron chi connectivity index (χ0n) is 10.3. The Bertz CT molecular complexity index is 630. The summed E-state index contributed by atoms with van der Waals surface area (Å²) in [5.41, 5.74) is 0.866. The number of hydrogen-bond donors (Lipinski definition) is 1. The van der Waals surface area contributed by atoms with Crippen LogP contribution in [0.5, 0.6) is 0 Å². The SMILES string of the molecule is Cn1ccnc1CNc1ccc(S(C)(=O)=O)cc1. The largest absolute Gasteiger partial charge is 0.378 e. The highest BCUT2D eigenvalue weighted by atomic mass is 32.2. The number of sulfone groups is 1. The number of hydrogen-bond acceptors (Lipinski definition) is 4. The van der Waals surface area contributed by atoms with Gasteiger partial charge in [-0.25, -0.2) is 13.4 Å². The van der Waals surface area contributed by atoms with Crippen LogP contribution in [0.2, 0.25) is 0 Å². The van der Waals surface area contributed by atoms with Gasteiger partial charge < -0.3 is 9.88 Å². The quantitative estimate of drug-likeness (QED) is 0.908. The molecule has 0 spiro atoms. The van der Waals surface area contributed by atoms with Gasteiger partial charge in [0.05, 0.1) is 11.4 Å². The van der Waals surface area contributed by atoms with Gasteiger partial charge in [-0.2, -0.15) is 0 Å². The first-order valence-electron chi connectivity index (χ1n) is 5.47. The van der Waals surface area contributed by atoms with Crippen LogP contribution in [0, 0.1) is 0 Å². The summed E-state index contributed by atoms with van der Waals surface area (Å²) in [7, 11) is -1.20. The first-order chi connectivity index (χ1) is 8.47. The predicted molar refractivity (Wildman–Crippen MR) is 70.1 cm³/mol. The molecular weight excluding hydrogens is 250 g/mol. The van der Waals surface area contributed by atoms with Gasteiger partial charge in [-0.05, 0) is 24.3 Å². The Kier molecular flexibility index (Phi) is 3.38. The number of aryl methyl sites for hydroxylation is 1. The van der Waals surface area contributed by atoms with Crippen LogP contribution in [-0.2, 0) is 23.4 Å². The summed E-state index contributed by atoms with van der Waals surface area (Å²) in [4.78, 5) is 4.52. The topological polar surface area (TPSA) is 64.0 Å². The van der Waals surface area contributed by atoms with E-state index >= 15 is 0 Å². The first-order valence-corrected chi connectivity index (χ1v) is 7.36. The molecule has 0 aliphatic heterocycles. The van der Waals surface area contributed by atoms with E-state index in [-0.39, 0.29) is 0 Å². The average Bonchev–Trinajstić information content (AvgIpc) is 2.72. The predicted octanol–water partition coefficient (Wildman–Crippen LogP) is 1.44. The molecule has 1 N–H and O–H groups in total. The fraction of sp³-hybridized carbons (Fsp3) is 0.250. The summed E-state index contributed by atoms with van der Waals surface area (Å²) >= 11 is 0. The molecule has 0 amide bonds. The van der Waals surface area contributed by atoms with E-state index in [4.69, 9.17) is 0 Å². The molecule has 2 aromatic rings. The lowest BCUT2D eigenvalue weighted by atomic mass is 10.3. The summed E-state index contributed by atoms with van der Waals surface area (Å²) in [5.74, 6) is 0.919. The maximum Gasteiger partial charge on any atom is 0.175 e. The number of benzene rings is 1. The van der Waals surface area contributed by atoms with Crippen molar-refractivity contribution in [3.05, 3.63) is 42.5 Å². The standard InChI is InChI=1S/C12H15N3O2S/c1-15-8-7-13-12(15)9-14-10-3-5-11(6-4-10)18(2,16)17/h3-8,14H,9H2,1-2H3. The maximum absolute atomic E-state index is 11.3. The van der Waals surface area contributed by atoms with E-state index in [0.29, 0.717) is 11.4 Å². The van der Waals surface area contributed by atoms with Crippen LogP contribution in [0.3, 0.4) is 0 Å². The van der Waals surface area contributed by atoms with E-state index in [9.17, 15) is 8.42 Å². The van der Waals surface area contributed by atoms with Gasteiger partial charge in [-0.15, -0.1) is 0 Å². The molecule has 6 heteroatoms. The highest BCUT2D eigenvalue weighted by molar-refractivity contribution is 7.90. The normalized spacial score (nSPS) is 11.4. The smallest absolute Gasteiger partial charge is 0.175 e. The number of aromatic nitrogens is 2. The molecule has 96 valence electrons. The second kappa shape index (κ2) is 4.81. The van der Waals surface area contributed by atoms with Crippen molar-refractivity contribution >= 4 is 15.5 Å². The van der Waals surface area contributed by atoms with Crippen LogP contribution < -0.4 is 5.32 Å². The number of nitrogens with one attached hydrogen (secondary N) is 1. The summed E-state index contributed by atoms with van der Waals surface area (Å²) in [6.45, 7) is 0.599. The molecule has 5 nitrogen and oxygen atoms in total. The van der Waals surface area contributed by atoms with Gasteiger partial charge in [0, 0.05) is 31.4 Å². The monoisotopic (exact) mass is 265 g/mol. The number of anilines is 1. The maximum atomic E-state index is 11.3. The van der Waals surface area contributed by atoms with Gasteiger partial charge in [-0.1, -0.05) is 0 Å². The molecule has 1 aromatic carbocycles. The van der Waals surface area contributed by atoms with E-state index in [1.165, 1.54) is 6.26 Å². The Hall–Kier alpha value is -1.82. The molecule has 0 fully saturated rings. The third-order valence-corrected chi connectivity index (χ3v) is 3.78. The van der Waals surface area contributed by atoms with Crippen molar-refractivity contribution in [3.8, 4) is 0 Å². The lowest BCUT2D eigenvalue weighted by Gasteiger charge is -2.07. The van der Waals surface area contributed by atoms with Crippen LogP contribution >= 0.6 is 0 Å². The molecule has 18 heavy (non-hydrogen) atoms. The fourth-order valence-corrected chi connectivity index (χ4v) is 2.20. The van der Waals surface area contributed by atoms with Gasteiger partial charge in [0.25, 0.3) is 0 Å². The van der Waals surface area contributed by atoms with Crippen LogP contribution in [0.25, 0.3) is 0 Å². The molecule has 0 aliphatic rings. The van der Waals surface area contributed by atoms with Crippen molar-refractivity contribution < 1.29 is 8.42 Å². The van der Waals surface area contributed by atoms with E-state index in [0.717, 1.165) is 11.5 Å². The minimum atomic E-state index is -3.13.